The predicted octanol–water partition coefficient (Wildman–Crippen LogP) is 3.33. The van der Waals surface area contributed by atoms with E-state index in [1.54, 1.807) is 19.1 Å². The minimum atomic E-state index is -0.185. The molecule has 0 saturated carbocycles. The summed E-state index contributed by atoms with van der Waals surface area (Å²) < 4.78 is 13.1. The average molecular weight is 230 g/mol. The van der Waals surface area contributed by atoms with Crippen molar-refractivity contribution in [2.24, 2.45) is 0 Å². The number of anilines is 2. The summed E-state index contributed by atoms with van der Waals surface area (Å²) in [5.41, 5.74) is 9.17. The van der Waals surface area contributed by atoms with E-state index in [1.807, 2.05) is 24.3 Å². The van der Waals surface area contributed by atoms with Crippen LogP contribution in [0.25, 0.3) is 0 Å². The molecule has 0 aromatic heterocycles. The van der Waals surface area contributed by atoms with Crippen LogP contribution >= 0.6 is 0 Å². The molecule has 3 N–H and O–H groups in total. The molecule has 88 valence electrons. The summed E-state index contributed by atoms with van der Waals surface area (Å²) in [6.45, 7) is 2.38. The van der Waals surface area contributed by atoms with Gasteiger partial charge < -0.3 is 11.1 Å². The van der Waals surface area contributed by atoms with Crippen molar-refractivity contribution in [1.82, 2.24) is 0 Å². The fraction of sp³-hybridized carbons (Fsp3) is 0.143. The Labute approximate surface area is 100 Å². The maximum absolute atomic E-state index is 13.1. The minimum absolute atomic E-state index is 0.185. The van der Waals surface area contributed by atoms with Gasteiger partial charge in [-0.1, -0.05) is 18.2 Å². The van der Waals surface area contributed by atoms with E-state index in [0.29, 0.717) is 12.1 Å². The van der Waals surface area contributed by atoms with Crippen molar-refractivity contribution >= 4 is 11.4 Å². The number of halogens is 1. The average Bonchev–Trinajstić information content (AvgIpc) is 2.32. The second-order valence-electron chi connectivity index (χ2n) is 4.02. The molecule has 0 aliphatic carbocycles. The maximum Gasteiger partial charge on any atom is 0.126 e. The summed E-state index contributed by atoms with van der Waals surface area (Å²) in [5.74, 6) is -0.185. The van der Waals surface area contributed by atoms with E-state index in [1.165, 1.54) is 6.07 Å². The topological polar surface area (TPSA) is 38.0 Å². The molecular weight excluding hydrogens is 215 g/mol. The van der Waals surface area contributed by atoms with E-state index in [0.717, 1.165) is 16.9 Å². The standard InChI is InChI=1S/C14H15FN2/c1-10-8-12(6-7-13(10)15)17-9-11-4-2-3-5-14(11)16/h2-8,17H,9,16H2,1H3. The van der Waals surface area contributed by atoms with Gasteiger partial charge in [-0.3, -0.25) is 0 Å². The SMILES string of the molecule is Cc1cc(NCc2ccccc2N)ccc1F. The molecule has 3 heteroatoms. The maximum atomic E-state index is 13.1. The summed E-state index contributed by atoms with van der Waals surface area (Å²) in [7, 11) is 0. The largest absolute Gasteiger partial charge is 0.398 e. The van der Waals surface area contributed by atoms with E-state index in [4.69, 9.17) is 5.73 Å². The van der Waals surface area contributed by atoms with Crippen molar-refractivity contribution in [1.29, 1.82) is 0 Å². The van der Waals surface area contributed by atoms with E-state index < -0.39 is 0 Å². The van der Waals surface area contributed by atoms with Crippen LogP contribution in [0, 0.1) is 12.7 Å². The number of aryl methyl sites for hydroxylation is 1. The highest BCUT2D eigenvalue weighted by atomic mass is 19.1. The van der Waals surface area contributed by atoms with Crippen molar-refractivity contribution < 1.29 is 4.39 Å². The normalized spacial score (nSPS) is 10.2. The lowest BCUT2D eigenvalue weighted by atomic mass is 10.1. The Morgan fingerprint density at radius 2 is 1.94 bits per heavy atom. The van der Waals surface area contributed by atoms with E-state index >= 15 is 0 Å². The van der Waals surface area contributed by atoms with Gasteiger partial charge in [0.15, 0.2) is 0 Å². The summed E-state index contributed by atoms with van der Waals surface area (Å²) >= 11 is 0. The minimum Gasteiger partial charge on any atom is -0.398 e. The lowest BCUT2D eigenvalue weighted by Crippen LogP contribution is -2.03. The summed E-state index contributed by atoms with van der Waals surface area (Å²) in [4.78, 5) is 0. The van der Waals surface area contributed by atoms with Gasteiger partial charge in [-0.2, -0.15) is 0 Å². The predicted molar refractivity (Wildman–Crippen MR) is 69.3 cm³/mol. The van der Waals surface area contributed by atoms with E-state index in [2.05, 4.69) is 5.32 Å². The molecular formula is C14H15FN2. The van der Waals surface area contributed by atoms with Crippen LogP contribution in [0.15, 0.2) is 42.5 Å². The molecule has 0 bridgehead atoms. The second-order valence-corrected chi connectivity index (χ2v) is 4.02. The molecule has 0 heterocycles. The lowest BCUT2D eigenvalue weighted by molar-refractivity contribution is 0.618. The summed E-state index contributed by atoms with van der Waals surface area (Å²) in [6, 6.07) is 12.7. The van der Waals surface area contributed by atoms with Gasteiger partial charge in [-0.05, 0) is 42.3 Å². The van der Waals surface area contributed by atoms with Gasteiger partial charge in [-0.15, -0.1) is 0 Å². The number of nitrogens with one attached hydrogen (secondary N) is 1. The van der Waals surface area contributed by atoms with Gasteiger partial charge in [0.1, 0.15) is 5.82 Å². The van der Waals surface area contributed by atoms with Gasteiger partial charge in [0.2, 0.25) is 0 Å². The highest BCUT2D eigenvalue weighted by Crippen LogP contribution is 2.16. The molecule has 2 aromatic rings. The molecule has 17 heavy (non-hydrogen) atoms. The Bertz CT molecular complexity index is 523. The Kier molecular flexibility index (Phi) is 3.28. The number of para-hydroxylation sites is 1. The number of hydrogen-bond donors (Lipinski definition) is 2. The lowest BCUT2D eigenvalue weighted by Gasteiger charge is -2.09. The molecule has 0 radical (unpaired) electrons. The van der Waals surface area contributed by atoms with E-state index in [-0.39, 0.29) is 5.82 Å². The first-order chi connectivity index (χ1) is 8.16. The second kappa shape index (κ2) is 4.87. The Morgan fingerprint density at radius 1 is 1.18 bits per heavy atom. The number of nitrogen functional groups attached to an aromatic ring is 1. The van der Waals surface area contributed by atoms with Crippen molar-refractivity contribution in [2.45, 2.75) is 13.5 Å². The smallest absolute Gasteiger partial charge is 0.126 e. The quantitative estimate of drug-likeness (QED) is 0.794. The number of benzene rings is 2. The number of rotatable bonds is 3. The van der Waals surface area contributed by atoms with Crippen molar-refractivity contribution in [3.05, 3.63) is 59.4 Å². The summed E-state index contributed by atoms with van der Waals surface area (Å²) in [6.07, 6.45) is 0. The molecule has 2 nitrogen and oxygen atoms in total. The van der Waals surface area contributed by atoms with Crippen molar-refractivity contribution in [3.63, 3.8) is 0 Å². The van der Waals surface area contributed by atoms with Crippen LogP contribution in [0.1, 0.15) is 11.1 Å². The van der Waals surface area contributed by atoms with Gasteiger partial charge in [0.25, 0.3) is 0 Å². The first kappa shape index (κ1) is 11.5. The fourth-order valence-corrected chi connectivity index (χ4v) is 1.65. The third kappa shape index (κ3) is 2.75. The first-order valence-electron chi connectivity index (χ1n) is 5.50. The number of hydrogen-bond acceptors (Lipinski definition) is 2. The zero-order valence-electron chi connectivity index (χ0n) is 9.70. The molecule has 0 fully saturated rings. The van der Waals surface area contributed by atoms with Gasteiger partial charge in [0.05, 0.1) is 0 Å². The van der Waals surface area contributed by atoms with E-state index in [9.17, 15) is 4.39 Å². The van der Waals surface area contributed by atoms with Crippen LogP contribution in [0.5, 0.6) is 0 Å². The summed E-state index contributed by atoms with van der Waals surface area (Å²) in [5, 5.41) is 3.22. The Morgan fingerprint density at radius 3 is 2.65 bits per heavy atom. The molecule has 0 unspecified atom stereocenters. The van der Waals surface area contributed by atoms with Gasteiger partial charge in [-0.25, -0.2) is 4.39 Å². The first-order valence-corrected chi connectivity index (χ1v) is 5.50. The molecule has 0 aliphatic rings. The molecule has 0 spiro atoms. The highest BCUT2D eigenvalue weighted by molar-refractivity contribution is 5.51. The van der Waals surface area contributed by atoms with Crippen LogP contribution < -0.4 is 11.1 Å². The zero-order valence-corrected chi connectivity index (χ0v) is 9.70. The third-order valence-corrected chi connectivity index (χ3v) is 2.70. The van der Waals surface area contributed by atoms with Crippen molar-refractivity contribution in [2.75, 3.05) is 11.1 Å². The van der Waals surface area contributed by atoms with Gasteiger partial charge in [0, 0.05) is 17.9 Å². The number of nitrogens with two attached hydrogens (primary N) is 1. The molecule has 2 aromatic carbocycles. The van der Waals surface area contributed by atoms with Crippen LogP contribution in [0.4, 0.5) is 15.8 Å². The highest BCUT2D eigenvalue weighted by Gasteiger charge is 2.00. The molecule has 0 aliphatic heterocycles. The monoisotopic (exact) mass is 230 g/mol. The van der Waals surface area contributed by atoms with Crippen LogP contribution in [-0.2, 0) is 6.54 Å². The Hall–Kier alpha value is -2.03. The molecule has 0 atom stereocenters. The van der Waals surface area contributed by atoms with Crippen LogP contribution in [0.2, 0.25) is 0 Å². The molecule has 0 saturated heterocycles. The third-order valence-electron chi connectivity index (χ3n) is 2.70. The fourth-order valence-electron chi connectivity index (χ4n) is 1.65. The molecule has 2 rings (SSSR count). The molecule has 0 amide bonds. The van der Waals surface area contributed by atoms with Gasteiger partial charge >= 0.3 is 0 Å². The zero-order chi connectivity index (χ0) is 12.3. The Balaban J connectivity index is 2.08. The van der Waals surface area contributed by atoms with Crippen LogP contribution in [0.3, 0.4) is 0 Å². The van der Waals surface area contributed by atoms with Crippen LogP contribution in [-0.4, -0.2) is 0 Å². The van der Waals surface area contributed by atoms with Crippen molar-refractivity contribution in [3.8, 4) is 0 Å².